The number of nitrogens with one attached hydrogen (secondary N) is 1. The number of rotatable bonds is 5. The van der Waals surface area contributed by atoms with Crippen LogP contribution < -0.4 is 10.1 Å². The van der Waals surface area contributed by atoms with E-state index in [9.17, 15) is 9.59 Å². The zero-order valence-corrected chi connectivity index (χ0v) is 16.0. The number of carbonyl (C=O) groups excluding carboxylic acids is 2. The molecule has 2 atom stereocenters. The van der Waals surface area contributed by atoms with Crippen molar-refractivity contribution in [3.8, 4) is 5.75 Å². The molecule has 0 bridgehead atoms. The molecule has 0 spiro atoms. The minimum atomic E-state index is -0.623. The van der Waals surface area contributed by atoms with E-state index in [0.717, 1.165) is 18.5 Å². The molecule has 5 nitrogen and oxygen atoms in total. The number of piperidine rings is 1. The van der Waals surface area contributed by atoms with Crippen molar-refractivity contribution in [3.63, 3.8) is 0 Å². The van der Waals surface area contributed by atoms with Gasteiger partial charge >= 0.3 is 0 Å². The molecule has 27 heavy (non-hydrogen) atoms. The first-order valence-electron chi connectivity index (χ1n) is 9.10. The Labute approximate surface area is 164 Å². The largest absolute Gasteiger partial charge is 0.481 e. The Kier molecular flexibility index (Phi) is 6.35. The fourth-order valence-electron chi connectivity index (χ4n) is 3.18. The van der Waals surface area contributed by atoms with Crippen molar-refractivity contribution in [3.05, 3.63) is 59.6 Å². The highest BCUT2D eigenvalue weighted by Gasteiger charge is 2.31. The van der Waals surface area contributed by atoms with Crippen LogP contribution in [-0.2, 0) is 9.59 Å². The monoisotopic (exact) mass is 386 g/mol. The quantitative estimate of drug-likeness (QED) is 0.845. The van der Waals surface area contributed by atoms with E-state index >= 15 is 0 Å². The summed E-state index contributed by atoms with van der Waals surface area (Å²) in [6, 6.07) is 16.3. The van der Waals surface area contributed by atoms with Crippen LogP contribution in [0.1, 0.15) is 19.8 Å². The number of halogens is 1. The molecule has 1 N–H and O–H groups in total. The Hall–Kier alpha value is -2.53. The van der Waals surface area contributed by atoms with Gasteiger partial charge in [0, 0.05) is 23.8 Å². The molecule has 142 valence electrons. The topological polar surface area (TPSA) is 58.6 Å². The number of para-hydroxylation sites is 1. The van der Waals surface area contributed by atoms with Gasteiger partial charge in [0.2, 0.25) is 5.91 Å². The summed E-state index contributed by atoms with van der Waals surface area (Å²) in [7, 11) is 0. The lowest BCUT2D eigenvalue weighted by Gasteiger charge is -2.33. The second kappa shape index (κ2) is 8.91. The number of anilines is 1. The third kappa shape index (κ3) is 5.23. The minimum absolute atomic E-state index is 0.0510. The van der Waals surface area contributed by atoms with Gasteiger partial charge in [0.25, 0.3) is 5.91 Å². The summed E-state index contributed by atoms with van der Waals surface area (Å²) < 4.78 is 5.73. The molecule has 0 aliphatic carbocycles. The van der Waals surface area contributed by atoms with Gasteiger partial charge in [-0.3, -0.25) is 9.59 Å². The van der Waals surface area contributed by atoms with Crippen LogP contribution in [0.4, 0.5) is 5.69 Å². The first kappa shape index (κ1) is 19.2. The maximum atomic E-state index is 12.7. The van der Waals surface area contributed by atoms with Crippen LogP contribution in [0.5, 0.6) is 5.75 Å². The predicted molar refractivity (Wildman–Crippen MR) is 106 cm³/mol. The normalized spacial score (nSPS) is 17.9. The van der Waals surface area contributed by atoms with Crippen LogP contribution in [-0.4, -0.2) is 35.9 Å². The third-order valence-electron chi connectivity index (χ3n) is 4.62. The number of likely N-dealkylation sites (tertiary alicyclic amines) is 1. The number of amides is 2. The van der Waals surface area contributed by atoms with E-state index < -0.39 is 6.10 Å². The standard InChI is InChI=1S/C21H23ClN2O3/c1-15(27-19-11-9-17(22)10-12-19)21(26)24-13-5-6-16(14-24)20(25)23-18-7-3-2-4-8-18/h2-4,7-12,15-16H,5-6,13-14H2,1H3,(H,23,25)/t15-,16-/m1/s1. The Morgan fingerprint density at radius 1 is 1.15 bits per heavy atom. The van der Waals surface area contributed by atoms with Gasteiger partial charge in [0.05, 0.1) is 5.92 Å². The second-order valence-electron chi connectivity index (χ2n) is 6.69. The van der Waals surface area contributed by atoms with E-state index in [4.69, 9.17) is 16.3 Å². The maximum Gasteiger partial charge on any atom is 0.263 e. The molecule has 1 heterocycles. The van der Waals surface area contributed by atoms with Gasteiger partial charge in [-0.2, -0.15) is 0 Å². The predicted octanol–water partition coefficient (Wildman–Crippen LogP) is 3.98. The van der Waals surface area contributed by atoms with Crippen molar-refractivity contribution in [1.82, 2.24) is 4.90 Å². The van der Waals surface area contributed by atoms with Gasteiger partial charge in [0.1, 0.15) is 5.75 Å². The van der Waals surface area contributed by atoms with Crippen molar-refractivity contribution in [2.45, 2.75) is 25.9 Å². The first-order valence-corrected chi connectivity index (χ1v) is 9.47. The summed E-state index contributed by atoms with van der Waals surface area (Å²) in [4.78, 5) is 27.0. The number of carbonyl (C=O) groups is 2. The van der Waals surface area contributed by atoms with Gasteiger partial charge in [-0.15, -0.1) is 0 Å². The van der Waals surface area contributed by atoms with Crippen LogP contribution in [0, 0.1) is 5.92 Å². The summed E-state index contributed by atoms with van der Waals surface area (Å²) in [5.41, 5.74) is 0.769. The molecule has 2 aromatic rings. The molecule has 0 radical (unpaired) electrons. The van der Waals surface area contributed by atoms with E-state index in [1.165, 1.54) is 0 Å². The zero-order valence-electron chi connectivity index (χ0n) is 15.2. The fraction of sp³-hybridized carbons (Fsp3) is 0.333. The lowest BCUT2D eigenvalue weighted by atomic mass is 9.96. The Bertz CT molecular complexity index is 780. The minimum Gasteiger partial charge on any atom is -0.481 e. The highest BCUT2D eigenvalue weighted by molar-refractivity contribution is 6.30. The lowest BCUT2D eigenvalue weighted by Crippen LogP contribution is -2.48. The summed E-state index contributed by atoms with van der Waals surface area (Å²) in [6.45, 7) is 2.78. The van der Waals surface area contributed by atoms with E-state index in [1.807, 2.05) is 30.3 Å². The summed E-state index contributed by atoms with van der Waals surface area (Å²) in [5.74, 6) is 0.216. The summed E-state index contributed by atoms with van der Waals surface area (Å²) >= 11 is 5.87. The molecule has 1 saturated heterocycles. The maximum absolute atomic E-state index is 12.7. The summed E-state index contributed by atoms with van der Waals surface area (Å²) in [5, 5.41) is 3.54. The lowest BCUT2D eigenvalue weighted by molar-refractivity contribution is -0.140. The molecule has 6 heteroatoms. The highest BCUT2D eigenvalue weighted by atomic mass is 35.5. The number of hydrogen-bond donors (Lipinski definition) is 1. The van der Waals surface area contributed by atoms with Gasteiger partial charge in [-0.05, 0) is 56.2 Å². The molecular weight excluding hydrogens is 364 g/mol. The molecule has 2 amide bonds. The van der Waals surface area contributed by atoms with Gasteiger partial charge in [-0.1, -0.05) is 29.8 Å². The Morgan fingerprint density at radius 3 is 2.56 bits per heavy atom. The third-order valence-corrected chi connectivity index (χ3v) is 4.87. The van der Waals surface area contributed by atoms with Crippen molar-refractivity contribution in [1.29, 1.82) is 0 Å². The molecule has 0 unspecified atom stereocenters. The van der Waals surface area contributed by atoms with Crippen LogP contribution >= 0.6 is 11.6 Å². The van der Waals surface area contributed by atoms with E-state index in [2.05, 4.69) is 5.32 Å². The molecule has 1 aliphatic rings. The van der Waals surface area contributed by atoms with Gasteiger partial charge < -0.3 is 15.0 Å². The van der Waals surface area contributed by atoms with Crippen molar-refractivity contribution in [2.24, 2.45) is 5.92 Å². The smallest absolute Gasteiger partial charge is 0.263 e. The van der Waals surface area contributed by atoms with E-state index in [0.29, 0.717) is 23.9 Å². The average Bonchev–Trinajstić information content (AvgIpc) is 2.70. The van der Waals surface area contributed by atoms with E-state index in [1.54, 1.807) is 36.1 Å². The van der Waals surface area contributed by atoms with Crippen LogP contribution in [0.2, 0.25) is 5.02 Å². The Balaban J connectivity index is 1.57. The molecule has 1 fully saturated rings. The van der Waals surface area contributed by atoms with Crippen LogP contribution in [0.25, 0.3) is 0 Å². The molecular formula is C21H23ClN2O3. The molecule has 1 aliphatic heterocycles. The van der Waals surface area contributed by atoms with Crippen molar-refractivity contribution in [2.75, 3.05) is 18.4 Å². The number of benzene rings is 2. The molecule has 2 aromatic carbocycles. The number of hydrogen-bond acceptors (Lipinski definition) is 3. The van der Waals surface area contributed by atoms with Crippen LogP contribution in [0.3, 0.4) is 0 Å². The van der Waals surface area contributed by atoms with Crippen LogP contribution in [0.15, 0.2) is 54.6 Å². The SMILES string of the molecule is C[C@@H](Oc1ccc(Cl)cc1)C(=O)N1CCC[C@@H](C(=O)Nc2ccccc2)C1. The van der Waals surface area contributed by atoms with Gasteiger partial charge in [-0.25, -0.2) is 0 Å². The fourth-order valence-corrected chi connectivity index (χ4v) is 3.31. The molecule has 0 aromatic heterocycles. The molecule has 0 saturated carbocycles. The number of nitrogens with zero attached hydrogens (tertiary/aromatic N) is 1. The highest BCUT2D eigenvalue weighted by Crippen LogP contribution is 2.21. The summed E-state index contributed by atoms with van der Waals surface area (Å²) in [6.07, 6.45) is 0.948. The second-order valence-corrected chi connectivity index (χ2v) is 7.13. The first-order chi connectivity index (χ1) is 13.0. The number of ether oxygens (including phenoxy) is 1. The molecule has 3 rings (SSSR count). The zero-order chi connectivity index (χ0) is 19.2. The van der Waals surface area contributed by atoms with Crippen molar-refractivity contribution < 1.29 is 14.3 Å². The van der Waals surface area contributed by atoms with E-state index in [-0.39, 0.29) is 17.7 Å². The van der Waals surface area contributed by atoms with Crippen molar-refractivity contribution >= 4 is 29.1 Å². The average molecular weight is 387 g/mol. The Morgan fingerprint density at radius 2 is 1.85 bits per heavy atom. The van der Waals surface area contributed by atoms with Gasteiger partial charge in [0.15, 0.2) is 6.10 Å².